The topological polar surface area (TPSA) is 12.9 Å². The molecule has 1 aromatic heterocycles. The smallest absolute Gasteiger partial charge is 0.124 e. The van der Waals surface area contributed by atoms with Crippen molar-refractivity contribution >= 4 is 22.9 Å². The molecule has 1 aromatic carbocycles. The lowest BCUT2D eigenvalue weighted by Crippen LogP contribution is -1.82. The molecule has 0 bridgehead atoms. The molecule has 1 nitrogen and oxygen atoms in total. The third-order valence-corrected chi connectivity index (χ3v) is 4.21. The van der Waals surface area contributed by atoms with Crippen molar-refractivity contribution in [3.05, 3.63) is 39.4 Å². The van der Waals surface area contributed by atoms with Gasteiger partial charge in [0.2, 0.25) is 0 Å². The molecule has 1 heterocycles. The van der Waals surface area contributed by atoms with Crippen molar-refractivity contribution in [3.8, 4) is 10.6 Å². The van der Waals surface area contributed by atoms with Crippen molar-refractivity contribution < 1.29 is 0 Å². The number of aryl methyl sites for hydroxylation is 3. The highest BCUT2D eigenvalue weighted by atomic mass is 35.5. The normalized spacial score (nSPS) is 10.8. The molecule has 0 spiro atoms. The van der Waals surface area contributed by atoms with E-state index in [2.05, 4.69) is 25.8 Å². The predicted molar refractivity (Wildman–Crippen MR) is 71.4 cm³/mol. The minimum Gasteiger partial charge on any atom is -0.241 e. The Balaban J connectivity index is 2.53. The summed E-state index contributed by atoms with van der Waals surface area (Å²) in [6.07, 6.45) is 1.04. The minimum atomic E-state index is 0.770. The largest absolute Gasteiger partial charge is 0.241 e. The van der Waals surface area contributed by atoms with E-state index in [4.69, 9.17) is 11.6 Å². The molecule has 0 aliphatic heterocycles. The van der Waals surface area contributed by atoms with Crippen molar-refractivity contribution in [1.29, 1.82) is 0 Å². The molecule has 0 atom stereocenters. The van der Waals surface area contributed by atoms with Crippen LogP contribution in [0.3, 0.4) is 0 Å². The van der Waals surface area contributed by atoms with E-state index in [9.17, 15) is 0 Å². The third-order valence-electron chi connectivity index (χ3n) is 2.64. The Morgan fingerprint density at radius 3 is 2.69 bits per heavy atom. The van der Waals surface area contributed by atoms with E-state index in [1.54, 1.807) is 11.3 Å². The fourth-order valence-electron chi connectivity index (χ4n) is 1.70. The van der Waals surface area contributed by atoms with Crippen LogP contribution in [-0.4, -0.2) is 4.98 Å². The van der Waals surface area contributed by atoms with Crippen molar-refractivity contribution in [2.24, 2.45) is 0 Å². The monoisotopic (exact) mass is 251 g/mol. The van der Waals surface area contributed by atoms with Crippen molar-refractivity contribution in [3.63, 3.8) is 0 Å². The highest BCUT2D eigenvalue weighted by Crippen LogP contribution is 2.32. The molecular formula is C13H14ClNS. The van der Waals surface area contributed by atoms with E-state index in [1.807, 2.05) is 18.2 Å². The van der Waals surface area contributed by atoms with Gasteiger partial charge in [0.05, 0.1) is 5.69 Å². The molecule has 0 amide bonds. The van der Waals surface area contributed by atoms with Crippen LogP contribution >= 0.6 is 22.9 Å². The van der Waals surface area contributed by atoms with Crippen LogP contribution in [0.1, 0.15) is 23.1 Å². The van der Waals surface area contributed by atoms with E-state index in [0.29, 0.717) is 0 Å². The summed E-state index contributed by atoms with van der Waals surface area (Å²) in [5, 5.41) is 1.85. The summed E-state index contributed by atoms with van der Waals surface area (Å²) in [5.41, 5.74) is 3.52. The lowest BCUT2D eigenvalue weighted by molar-refractivity contribution is 1.11. The summed E-state index contributed by atoms with van der Waals surface area (Å²) in [7, 11) is 0. The van der Waals surface area contributed by atoms with E-state index in [0.717, 1.165) is 27.7 Å². The van der Waals surface area contributed by atoms with Gasteiger partial charge >= 0.3 is 0 Å². The molecule has 2 aromatic rings. The van der Waals surface area contributed by atoms with Crippen LogP contribution in [0.5, 0.6) is 0 Å². The number of aromatic nitrogens is 1. The van der Waals surface area contributed by atoms with Gasteiger partial charge in [-0.05, 0) is 38.0 Å². The first kappa shape index (κ1) is 11.6. The molecule has 0 aliphatic rings. The summed E-state index contributed by atoms with van der Waals surface area (Å²) in [6.45, 7) is 6.32. The maximum absolute atomic E-state index is 6.02. The molecule has 0 unspecified atom stereocenters. The molecular weight excluding hydrogens is 238 g/mol. The molecule has 3 heteroatoms. The quantitative estimate of drug-likeness (QED) is 0.758. The lowest BCUT2D eigenvalue weighted by Gasteiger charge is -2.02. The Kier molecular flexibility index (Phi) is 3.31. The molecule has 2 rings (SSSR count). The van der Waals surface area contributed by atoms with Gasteiger partial charge in [0.25, 0.3) is 0 Å². The highest BCUT2D eigenvalue weighted by Gasteiger charge is 2.10. The van der Waals surface area contributed by atoms with Crippen LogP contribution in [0.4, 0.5) is 0 Å². The van der Waals surface area contributed by atoms with Gasteiger partial charge in [-0.15, -0.1) is 11.3 Å². The van der Waals surface area contributed by atoms with E-state index < -0.39 is 0 Å². The van der Waals surface area contributed by atoms with Gasteiger partial charge in [0.15, 0.2) is 0 Å². The fourth-order valence-corrected chi connectivity index (χ4v) is 2.95. The van der Waals surface area contributed by atoms with Gasteiger partial charge in [-0.1, -0.05) is 24.6 Å². The zero-order chi connectivity index (χ0) is 11.7. The Bertz CT molecular complexity index is 517. The van der Waals surface area contributed by atoms with E-state index >= 15 is 0 Å². The van der Waals surface area contributed by atoms with E-state index in [1.165, 1.54) is 10.4 Å². The zero-order valence-corrected chi connectivity index (χ0v) is 11.2. The molecule has 0 aliphatic carbocycles. The first-order chi connectivity index (χ1) is 7.61. The van der Waals surface area contributed by atoms with Crippen LogP contribution in [0.2, 0.25) is 5.02 Å². The van der Waals surface area contributed by atoms with Gasteiger partial charge in [0.1, 0.15) is 5.01 Å². The minimum absolute atomic E-state index is 0.770. The van der Waals surface area contributed by atoms with Gasteiger partial charge in [-0.2, -0.15) is 0 Å². The van der Waals surface area contributed by atoms with Crippen LogP contribution < -0.4 is 0 Å². The summed E-state index contributed by atoms with van der Waals surface area (Å²) >= 11 is 7.79. The van der Waals surface area contributed by atoms with Gasteiger partial charge in [-0.3, -0.25) is 0 Å². The SMILES string of the molecule is CCc1sc(-c2cc(Cl)ccc2C)nc1C. The number of benzene rings is 1. The number of nitrogens with zero attached hydrogens (tertiary/aromatic N) is 1. The van der Waals surface area contributed by atoms with Gasteiger partial charge in [0, 0.05) is 15.5 Å². The van der Waals surface area contributed by atoms with Crippen molar-refractivity contribution in [1.82, 2.24) is 4.98 Å². The Labute approximate surface area is 105 Å². The molecule has 0 fully saturated rings. The number of hydrogen-bond acceptors (Lipinski definition) is 2. The van der Waals surface area contributed by atoms with Gasteiger partial charge in [-0.25, -0.2) is 4.98 Å². The average Bonchev–Trinajstić information content (AvgIpc) is 2.63. The first-order valence-corrected chi connectivity index (χ1v) is 6.54. The second-order valence-corrected chi connectivity index (χ2v) is 5.36. The number of thiazole rings is 1. The number of hydrogen-bond donors (Lipinski definition) is 0. The fraction of sp³-hybridized carbons (Fsp3) is 0.308. The lowest BCUT2D eigenvalue weighted by atomic mass is 10.1. The van der Waals surface area contributed by atoms with E-state index in [-0.39, 0.29) is 0 Å². The summed E-state index contributed by atoms with van der Waals surface area (Å²) in [6, 6.07) is 5.95. The molecule has 16 heavy (non-hydrogen) atoms. The van der Waals surface area contributed by atoms with Crippen molar-refractivity contribution in [2.45, 2.75) is 27.2 Å². The second-order valence-electron chi connectivity index (χ2n) is 3.84. The van der Waals surface area contributed by atoms with Crippen molar-refractivity contribution in [2.75, 3.05) is 0 Å². The van der Waals surface area contributed by atoms with Crippen LogP contribution in [-0.2, 0) is 6.42 Å². The summed E-state index contributed by atoms with van der Waals surface area (Å²) < 4.78 is 0. The standard InChI is InChI=1S/C13H14ClNS/c1-4-12-9(3)15-13(16-12)11-7-10(14)6-5-8(11)2/h5-7H,4H2,1-3H3. The molecule has 0 radical (unpaired) electrons. The Morgan fingerprint density at radius 1 is 1.31 bits per heavy atom. The second kappa shape index (κ2) is 4.56. The summed E-state index contributed by atoms with van der Waals surface area (Å²) in [5.74, 6) is 0. The summed E-state index contributed by atoms with van der Waals surface area (Å²) in [4.78, 5) is 5.97. The Hall–Kier alpha value is -0.860. The van der Waals surface area contributed by atoms with Crippen LogP contribution in [0.25, 0.3) is 10.6 Å². The maximum atomic E-state index is 6.02. The van der Waals surface area contributed by atoms with Crippen LogP contribution in [0, 0.1) is 13.8 Å². The van der Waals surface area contributed by atoms with Crippen LogP contribution in [0.15, 0.2) is 18.2 Å². The maximum Gasteiger partial charge on any atom is 0.124 e. The number of halogens is 1. The molecule has 84 valence electrons. The predicted octanol–water partition coefficient (Wildman–Crippen LogP) is 4.64. The number of rotatable bonds is 2. The first-order valence-electron chi connectivity index (χ1n) is 5.34. The molecule has 0 N–H and O–H groups in total. The van der Waals surface area contributed by atoms with Gasteiger partial charge < -0.3 is 0 Å². The highest BCUT2D eigenvalue weighted by molar-refractivity contribution is 7.15. The molecule has 0 saturated heterocycles. The Morgan fingerprint density at radius 2 is 2.06 bits per heavy atom. The average molecular weight is 252 g/mol. The molecule has 0 saturated carbocycles. The zero-order valence-electron chi connectivity index (χ0n) is 9.67. The third kappa shape index (κ3) is 2.13.